The third kappa shape index (κ3) is 4.64. The van der Waals surface area contributed by atoms with Gasteiger partial charge in [0, 0.05) is 19.2 Å². The number of primary sulfonamides is 1. The number of rotatable bonds is 6. The second kappa shape index (κ2) is 8.32. The molecule has 0 saturated heterocycles. The molecule has 2 amide bonds. The molecule has 164 valence electrons. The Labute approximate surface area is 178 Å². The molecule has 0 saturated carbocycles. The van der Waals surface area contributed by atoms with E-state index in [1.165, 1.54) is 48.3 Å². The van der Waals surface area contributed by atoms with Crippen molar-refractivity contribution in [2.24, 2.45) is 5.14 Å². The Morgan fingerprint density at radius 1 is 1.32 bits per heavy atom. The molecule has 0 aromatic heterocycles. The van der Waals surface area contributed by atoms with E-state index >= 15 is 0 Å². The smallest absolute Gasteiger partial charge is 0.271 e. The third-order valence-electron chi connectivity index (χ3n) is 5.03. The van der Waals surface area contributed by atoms with E-state index in [2.05, 4.69) is 0 Å². The zero-order chi connectivity index (χ0) is 22.9. The summed E-state index contributed by atoms with van der Waals surface area (Å²) in [6.45, 7) is 1.03. The van der Waals surface area contributed by atoms with Crippen LogP contribution in [-0.2, 0) is 19.6 Å². The predicted octanol–water partition coefficient (Wildman–Crippen LogP) is 1.19. The highest BCUT2D eigenvalue weighted by Crippen LogP contribution is 2.35. The highest BCUT2D eigenvalue weighted by atomic mass is 32.2. The number of nitro groups is 1. The normalized spacial score (nSPS) is 14.4. The molecule has 1 aliphatic rings. The van der Waals surface area contributed by atoms with Crippen LogP contribution in [0.15, 0.2) is 47.4 Å². The number of nitrogens with zero attached hydrogens (tertiary/aromatic N) is 3. The monoisotopic (exact) mass is 448 g/mol. The number of carbonyl (C=O) groups is 2. The Bertz CT molecular complexity index is 1170. The van der Waals surface area contributed by atoms with Crippen LogP contribution in [0.4, 0.5) is 11.4 Å². The number of likely N-dealkylation sites (N-methyl/N-ethyl adjacent to an activating group) is 1. The van der Waals surface area contributed by atoms with E-state index in [4.69, 9.17) is 9.88 Å². The lowest BCUT2D eigenvalue weighted by atomic mass is 10.1. The first-order valence-corrected chi connectivity index (χ1v) is 10.6. The van der Waals surface area contributed by atoms with Crippen LogP contribution in [0.3, 0.4) is 0 Å². The summed E-state index contributed by atoms with van der Waals surface area (Å²) in [5.74, 6) is -0.714. The molecule has 0 spiro atoms. The van der Waals surface area contributed by atoms with Crippen molar-refractivity contribution in [3.05, 3.63) is 58.1 Å². The van der Waals surface area contributed by atoms with Crippen LogP contribution in [0.5, 0.6) is 5.75 Å². The molecule has 1 atom stereocenters. The number of nitro benzene ring substituents is 1. The lowest BCUT2D eigenvalue weighted by Gasteiger charge is -2.32. The summed E-state index contributed by atoms with van der Waals surface area (Å²) >= 11 is 0. The Balaban J connectivity index is 1.84. The number of ether oxygens (including phenoxy) is 1. The average molecular weight is 448 g/mol. The molecule has 3 rings (SSSR count). The Hall–Kier alpha value is -3.51. The summed E-state index contributed by atoms with van der Waals surface area (Å²) in [5.41, 5.74) is 0.429. The van der Waals surface area contributed by atoms with Crippen molar-refractivity contribution >= 4 is 33.2 Å². The van der Waals surface area contributed by atoms with Gasteiger partial charge in [-0.2, -0.15) is 0 Å². The Morgan fingerprint density at radius 2 is 2.03 bits per heavy atom. The second-order valence-electron chi connectivity index (χ2n) is 6.98. The van der Waals surface area contributed by atoms with E-state index < -0.39 is 32.8 Å². The van der Waals surface area contributed by atoms with E-state index in [1.807, 2.05) is 0 Å². The van der Waals surface area contributed by atoms with Crippen molar-refractivity contribution in [3.8, 4) is 5.75 Å². The van der Waals surface area contributed by atoms with Gasteiger partial charge in [-0.05, 0) is 30.7 Å². The number of sulfonamides is 1. The predicted molar refractivity (Wildman–Crippen MR) is 110 cm³/mol. The molecule has 0 aliphatic carbocycles. The molecule has 1 unspecified atom stereocenters. The molecule has 0 radical (unpaired) electrons. The van der Waals surface area contributed by atoms with Crippen LogP contribution in [-0.4, -0.2) is 50.3 Å². The molecule has 0 bridgehead atoms. The number of benzene rings is 2. The van der Waals surface area contributed by atoms with Gasteiger partial charge in [0.1, 0.15) is 12.3 Å². The number of hydrogen-bond acceptors (Lipinski definition) is 7. The number of non-ortho nitro benzene ring substituents is 1. The van der Waals surface area contributed by atoms with Crippen LogP contribution in [0, 0.1) is 10.1 Å². The summed E-state index contributed by atoms with van der Waals surface area (Å²) in [5, 5.41) is 16.3. The molecule has 1 aliphatic heterocycles. The maximum atomic E-state index is 12.9. The van der Waals surface area contributed by atoms with Crippen molar-refractivity contribution in [3.63, 3.8) is 0 Å². The van der Waals surface area contributed by atoms with Gasteiger partial charge in [0.05, 0.1) is 21.5 Å². The van der Waals surface area contributed by atoms with Crippen molar-refractivity contribution in [1.82, 2.24) is 4.90 Å². The summed E-state index contributed by atoms with van der Waals surface area (Å²) in [4.78, 5) is 38.2. The SMILES string of the molecule is CC(c1cccc(S(N)(=O)=O)c1)N(C)C(=O)CN1C(=O)COc2ccc([N+](=O)[O-])cc21. The molecular formula is C19H20N4O7S. The zero-order valence-corrected chi connectivity index (χ0v) is 17.5. The first-order valence-electron chi connectivity index (χ1n) is 9.09. The minimum absolute atomic E-state index is 0.0812. The van der Waals surface area contributed by atoms with Crippen LogP contribution in [0.1, 0.15) is 18.5 Å². The Kier molecular flexibility index (Phi) is 5.95. The molecule has 11 nitrogen and oxygen atoms in total. The highest BCUT2D eigenvalue weighted by molar-refractivity contribution is 7.89. The fourth-order valence-electron chi connectivity index (χ4n) is 3.12. The molecular weight excluding hydrogens is 428 g/mol. The van der Waals surface area contributed by atoms with Gasteiger partial charge >= 0.3 is 0 Å². The van der Waals surface area contributed by atoms with Crippen molar-refractivity contribution in [2.75, 3.05) is 25.1 Å². The van der Waals surface area contributed by atoms with Crippen LogP contribution < -0.4 is 14.8 Å². The largest absolute Gasteiger partial charge is 0.482 e. The standard InChI is InChI=1S/C19H20N4O7S/c1-12(13-4-3-5-15(8-13)31(20,28)29)21(2)18(24)10-22-16-9-14(23(26)27)6-7-17(16)30-11-19(22)25/h3-9,12H,10-11H2,1-2H3,(H2,20,28,29). The second-order valence-corrected chi connectivity index (χ2v) is 8.54. The Morgan fingerprint density at radius 3 is 2.68 bits per heavy atom. The molecule has 31 heavy (non-hydrogen) atoms. The van der Waals surface area contributed by atoms with E-state index in [9.17, 15) is 28.1 Å². The van der Waals surface area contributed by atoms with Gasteiger partial charge in [0.15, 0.2) is 6.61 Å². The number of nitrogens with two attached hydrogens (primary N) is 1. The fourth-order valence-corrected chi connectivity index (χ4v) is 3.68. The van der Waals surface area contributed by atoms with E-state index in [0.717, 1.165) is 4.90 Å². The first kappa shape index (κ1) is 22.2. The maximum absolute atomic E-state index is 12.9. The lowest BCUT2D eigenvalue weighted by molar-refractivity contribution is -0.384. The van der Waals surface area contributed by atoms with Crippen LogP contribution in [0.2, 0.25) is 0 Å². The molecule has 2 N–H and O–H groups in total. The van der Waals surface area contributed by atoms with Crippen molar-refractivity contribution < 1.29 is 27.7 Å². The third-order valence-corrected chi connectivity index (χ3v) is 5.94. The van der Waals surface area contributed by atoms with Gasteiger partial charge in [-0.1, -0.05) is 12.1 Å². The topological polar surface area (TPSA) is 153 Å². The first-order chi connectivity index (χ1) is 14.5. The molecule has 0 fully saturated rings. The number of anilines is 1. The summed E-state index contributed by atoms with van der Waals surface area (Å²) < 4.78 is 28.5. The van der Waals surface area contributed by atoms with Gasteiger partial charge in [-0.3, -0.25) is 24.6 Å². The van der Waals surface area contributed by atoms with E-state index in [0.29, 0.717) is 5.56 Å². The highest BCUT2D eigenvalue weighted by Gasteiger charge is 2.31. The van der Waals surface area contributed by atoms with Crippen molar-refractivity contribution in [1.29, 1.82) is 0 Å². The zero-order valence-electron chi connectivity index (χ0n) is 16.7. The van der Waals surface area contributed by atoms with Crippen molar-refractivity contribution in [2.45, 2.75) is 17.9 Å². The van der Waals surface area contributed by atoms with Gasteiger partial charge in [-0.25, -0.2) is 13.6 Å². The minimum Gasteiger partial charge on any atom is -0.482 e. The van der Waals surface area contributed by atoms with E-state index in [-0.39, 0.29) is 35.2 Å². The number of hydrogen-bond donors (Lipinski definition) is 1. The summed E-state index contributed by atoms with van der Waals surface area (Å²) in [6.07, 6.45) is 0. The average Bonchev–Trinajstić information content (AvgIpc) is 2.73. The quantitative estimate of drug-likeness (QED) is 0.514. The van der Waals surface area contributed by atoms with Gasteiger partial charge < -0.3 is 9.64 Å². The number of amides is 2. The van der Waals surface area contributed by atoms with Gasteiger partial charge in [0.25, 0.3) is 11.6 Å². The lowest BCUT2D eigenvalue weighted by Crippen LogP contribution is -2.46. The van der Waals surface area contributed by atoms with E-state index in [1.54, 1.807) is 13.0 Å². The maximum Gasteiger partial charge on any atom is 0.271 e. The van der Waals surface area contributed by atoms with Gasteiger partial charge in [0.2, 0.25) is 15.9 Å². The number of carbonyl (C=O) groups excluding carboxylic acids is 2. The molecule has 12 heteroatoms. The van der Waals surface area contributed by atoms with Crippen LogP contribution in [0.25, 0.3) is 0 Å². The minimum atomic E-state index is -3.90. The van der Waals surface area contributed by atoms with Gasteiger partial charge in [-0.15, -0.1) is 0 Å². The number of fused-ring (bicyclic) bond motifs is 1. The van der Waals surface area contributed by atoms with Crippen LogP contribution >= 0.6 is 0 Å². The summed E-state index contributed by atoms with van der Waals surface area (Å²) in [6, 6.07) is 9.18. The molecule has 1 heterocycles. The molecule has 2 aromatic carbocycles. The molecule has 2 aromatic rings. The summed E-state index contributed by atoms with van der Waals surface area (Å²) in [7, 11) is -2.39. The fraction of sp³-hybridized carbons (Fsp3) is 0.263.